The maximum absolute atomic E-state index is 9.75. The van der Waals surface area contributed by atoms with Gasteiger partial charge in [-0.2, -0.15) is 5.10 Å². The van der Waals surface area contributed by atoms with Crippen molar-refractivity contribution in [3.8, 4) is 0 Å². The molecular formula is C10H17ClN2O2. The second kappa shape index (κ2) is 5.49. The Morgan fingerprint density at radius 2 is 2.13 bits per heavy atom. The first-order valence-corrected chi connectivity index (χ1v) is 5.56. The van der Waals surface area contributed by atoms with Crippen molar-refractivity contribution in [2.24, 2.45) is 0 Å². The van der Waals surface area contributed by atoms with Crippen LogP contribution in [0.2, 0.25) is 0 Å². The standard InChI is InChI=1S/C10H17ClN2O2/c1-7(2)13-6-8(5-12-13)10(15)9(14)3-4-11/h5-7,9-10,14-15H,3-4H2,1-2H3. The molecule has 0 amide bonds. The number of halogens is 1. The summed E-state index contributed by atoms with van der Waals surface area (Å²) in [5.74, 6) is 0.330. The summed E-state index contributed by atoms with van der Waals surface area (Å²) in [7, 11) is 0. The second-order valence-corrected chi connectivity index (χ2v) is 4.22. The smallest absolute Gasteiger partial charge is 0.108 e. The quantitative estimate of drug-likeness (QED) is 0.757. The van der Waals surface area contributed by atoms with Crippen LogP contribution in [0.1, 0.15) is 38.0 Å². The van der Waals surface area contributed by atoms with E-state index >= 15 is 0 Å². The van der Waals surface area contributed by atoms with E-state index in [1.807, 2.05) is 13.8 Å². The normalized spacial score (nSPS) is 15.6. The van der Waals surface area contributed by atoms with Crippen LogP contribution in [0.25, 0.3) is 0 Å². The molecule has 4 nitrogen and oxygen atoms in total. The summed E-state index contributed by atoms with van der Waals surface area (Å²) in [6.07, 6.45) is 1.95. The van der Waals surface area contributed by atoms with Crippen LogP contribution in [0.15, 0.2) is 12.4 Å². The van der Waals surface area contributed by atoms with Gasteiger partial charge < -0.3 is 10.2 Å². The van der Waals surface area contributed by atoms with E-state index in [1.54, 1.807) is 17.1 Å². The number of alkyl halides is 1. The minimum absolute atomic E-state index is 0.246. The summed E-state index contributed by atoms with van der Waals surface area (Å²) in [5, 5.41) is 23.4. The molecule has 0 saturated heterocycles. The fraction of sp³-hybridized carbons (Fsp3) is 0.700. The Labute approximate surface area is 94.5 Å². The highest BCUT2D eigenvalue weighted by Gasteiger charge is 2.19. The maximum Gasteiger partial charge on any atom is 0.108 e. The zero-order chi connectivity index (χ0) is 11.4. The molecule has 0 aliphatic heterocycles. The lowest BCUT2D eigenvalue weighted by atomic mass is 10.1. The number of nitrogens with zero attached hydrogens (tertiary/aromatic N) is 2. The van der Waals surface area contributed by atoms with Crippen molar-refractivity contribution in [2.45, 2.75) is 38.5 Å². The first kappa shape index (κ1) is 12.5. The van der Waals surface area contributed by atoms with E-state index < -0.39 is 12.2 Å². The number of aliphatic hydroxyl groups excluding tert-OH is 2. The number of hydrogen-bond acceptors (Lipinski definition) is 3. The summed E-state index contributed by atoms with van der Waals surface area (Å²) in [5.41, 5.74) is 0.626. The molecule has 0 aliphatic rings. The van der Waals surface area contributed by atoms with Gasteiger partial charge in [-0.25, -0.2) is 0 Å². The van der Waals surface area contributed by atoms with E-state index in [0.717, 1.165) is 0 Å². The molecule has 2 unspecified atom stereocenters. The van der Waals surface area contributed by atoms with E-state index in [1.165, 1.54) is 0 Å². The second-order valence-electron chi connectivity index (χ2n) is 3.84. The van der Waals surface area contributed by atoms with Gasteiger partial charge in [0.15, 0.2) is 0 Å². The highest BCUT2D eigenvalue weighted by Crippen LogP contribution is 2.19. The Balaban J connectivity index is 2.69. The van der Waals surface area contributed by atoms with Crippen molar-refractivity contribution in [2.75, 3.05) is 5.88 Å². The van der Waals surface area contributed by atoms with Crippen LogP contribution in [0.4, 0.5) is 0 Å². The Hall–Kier alpha value is -0.580. The molecule has 2 atom stereocenters. The third-order valence-electron chi connectivity index (χ3n) is 2.26. The fourth-order valence-electron chi connectivity index (χ4n) is 1.28. The van der Waals surface area contributed by atoms with Crippen LogP contribution in [-0.2, 0) is 0 Å². The molecule has 1 aromatic heterocycles. The topological polar surface area (TPSA) is 58.3 Å². The van der Waals surface area contributed by atoms with Crippen LogP contribution in [0.5, 0.6) is 0 Å². The molecule has 0 spiro atoms. The van der Waals surface area contributed by atoms with Crippen molar-refractivity contribution in [1.82, 2.24) is 9.78 Å². The first-order valence-electron chi connectivity index (χ1n) is 5.02. The first-order chi connectivity index (χ1) is 7.06. The lowest BCUT2D eigenvalue weighted by molar-refractivity contribution is 0.0169. The molecule has 0 radical (unpaired) electrons. The molecule has 0 aliphatic carbocycles. The van der Waals surface area contributed by atoms with Gasteiger partial charge in [0.1, 0.15) is 6.10 Å². The molecule has 0 aromatic carbocycles. The molecule has 1 rings (SSSR count). The average molecular weight is 233 g/mol. The fourth-order valence-corrected chi connectivity index (χ4v) is 1.50. The number of aliphatic hydroxyl groups is 2. The predicted octanol–water partition coefficient (Wildman–Crippen LogP) is 1.49. The molecule has 15 heavy (non-hydrogen) atoms. The van der Waals surface area contributed by atoms with Gasteiger partial charge in [0, 0.05) is 23.7 Å². The molecule has 5 heteroatoms. The van der Waals surface area contributed by atoms with Gasteiger partial charge in [0.05, 0.1) is 12.3 Å². The van der Waals surface area contributed by atoms with Gasteiger partial charge in [-0.3, -0.25) is 4.68 Å². The zero-order valence-corrected chi connectivity index (χ0v) is 9.72. The van der Waals surface area contributed by atoms with Crippen molar-refractivity contribution >= 4 is 11.6 Å². The Morgan fingerprint density at radius 1 is 1.47 bits per heavy atom. The summed E-state index contributed by atoms with van der Waals surface area (Å²) in [4.78, 5) is 0. The predicted molar refractivity (Wildman–Crippen MR) is 58.9 cm³/mol. The molecule has 1 heterocycles. The lowest BCUT2D eigenvalue weighted by Gasteiger charge is -2.14. The Morgan fingerprint density at radius 3 is 2.60 bits per heavy atom. The van der Waals surface area contributed by atoms with Crippen molar-refractivity contribution in [3.63, 3.8) is 0 Å². The van der Waals surface area contributed by atoms with E-state index in [-0.39, 0.29) is 6.04 Å². The molecule has 0 fully saturated rings. The molecule has 2 N–H and O–H groups in total. The summed E-state index contributed by atoms with van der Waals surface area (Å²) < 4.78 is 1.74. The van der Waals surface area contributed by atoms with E-state index in [2.05, 4.69) is 5.10 Å². The third kappa shape index (κ3) is 3.19. The summed E-state index contributed by atoms with van der Waals surface area (Å²) in [6.45, 7) is 4.00. The summed E-state index contributed by atoms with van der Waals surface area (Å²) >= 11 is 5.49. The van der Waals surface area contributed by atoms with Crippen molar-refractivity contribution in [3.05, 3.63) is 18.0 Å². The summed E-state index contributed by atoms with van der Waals surface area (Å²) in [6, 6.07) is 0.246. The molecule has 0 bridgehead atoms. The van der Waals surface area contributed by atoms with Crippen molar-refractivity contribution in [1.29, 1.82) is 0 Å². The monoisotopic (exact) mass is 232 g/mol. The van der Waals surface area contributed by atoms with Crippen LogP contribution >= 0.6 is 11.6 Å². The zero-order valence-electron chi connectivity index (χ0n) is 8.97. The number of hydrogen-bond donors (Lipinski definition) is 2. The van der Waals surface area contributed by atoms with Crippen LogP contribution in [-0.4, -0.2) is 32.0 Å². The minimum Gasteiger partial charge on any atom is -0.390 e. The SMILES string of the molecule is CC(C)n1cc(C(O)C(O)CCCl)cn1. The van der Waals surface area contributed by atoms with E-state index in [9.17, 15) is 10.2 Å². The molecule has 1 aromatic rings. The van der Waals surface area contributed by atoms with Gasteiger partial charge in [0.2, 0.25) is 0 Å². The van der Waals surface area contributed by atoms with E-state index in [0.29, 0.717) is 17.9 Å². The molecule has 86 valence electrons. The lowest BCUT2D eigenvalue weighted by Crippen LogP contribution is -2.18. The van der Waals surface area contributed by atoms with Gasteiger partial charge >= 0.3 is 0 Å². The van der Waals surface area contributed by atoms with Gasteiger partial charge in [-0.15, -0.1) is 11.6 Å². The largest absolute Gasteiger partial charge is 0.390 e. The Kier molecular flexibility index (Phi) is 4.57. The number of aromatic nitrogens is 2. The molecule has 0 saturated carbocycles. The maximum atomic E-state index is 9.75. The number of rotatable bonds is 5. The van der Waals surface area contributed by atoms with E-state index in [4.69, 9.17) is 11.6 Å². The van der Waals surface area contributed by atoms with Crippen LogP contribution in [0.3, 0.4) is 0 Å². The van der Waals surface area contributed by atoms with Crippen molar-refractivity contribution < 1.29 is 10.2 Å². The Bertz CT molecular complexity index is 301. The average Bonchev–Trinajstić information content (AvgIpc) is 2.65. The van der Waals surface area contributed by atoms with Gasteiger partial charge in [0.25, 0.3) is 0 Å². The van der Waals surface area contributed by atoms with Crippen LogP contribution < -0.4 is 0 Å². The molecular weight excluding hydrogens is 216 g/mol. The minimum atomic E-state index is -0.906. The third-order valence-corrected chi connectivity index (χ3v) is 2.48. The van der Waals surface area contributed by atoms with Gasteiger partial charge in [-0.05, 0) is 20.3 Å². The van der Waals surface area contributed by atoms with Crippen LogP contribution in [0, 0.1) is 0 Å². The van der Waals surface area contributed by atoms with Gasteiger partial charge in [-0.1, -0.05) is 0 Å². The highest BCUT2D eigenvalue weighted by molar-refractivity contribution is 6.17. The highest BCUT2D eigenvalue weighted by atomic mass is 35.5.